The molecule has 3 rings (SSSR count). The summed E-state index contributed by atoms with van der Waals surface area (Å²) in [4.78, 5) is 18.3. The van der Waals surface area contributed by atoms with E-state index in [1.54, 1.807) is 0 Å². The number of hydrogen-bond donors (Lipinski definition) is 1. The van der Waals surface area contributed by atoms with Crippen molar-refractivity contribution in [3.8, 4) is 0 Å². The van der Waals surface area contributed by atoms with Gasteiger partial charge in [-0.2, -0.15) is 0 Å². The zero-order valence-electron chi connectivity index (χ0n) is 12.1. The lowest BCUT2D eigenvalue weighted by Gasteiger charge is -2.30. The summed E-state index contributed by atoms with van der Waals surface area (Å²) >= 11 is 1.82. The molecule has 1 atom stereocenters. The maximum Gasteiger partial charge on any atom is 0.237 e. The first-order chi connectivity index (χ1) is 9.78. The van der Waals surface area contributed by atoms with Gasteiger partial charge in [-0.05, 0) is 49.9 Å². The lowest BCUT2D eigenvalue weighted by Crippen LogP contribution is -2.45. The summed E-state index contributed by atoms with van der Waals surface area (Å²) in [5.74, 6) is 0.296. The van der Waals surface area contributed by atoms with E-state index in [4.69, 9.17) is 0 Å². The molecule has 3 heterocycles. The Balaban J connectivity index is 1.57. The van der Waals surface area contributed by atoms with Gasteiger partial charge in [-0.25, -0.2) is 0 Å². The van der Waals surface area contributed by atoms with E-state index >= 15 is 0 Å². The Morgan fingerprint density at radius 1 is 1.50 bits per heavy atom. The number of likely N-dealkylation sites (tertiary alicyclic amines) is 1. The molecule has 1 saturated heterocycles. The maximum absolute atomic E-state index is 12.5. The zero-order chi connectivity index (χ0) is 13.9. The van der Waals surface area contributed by atoms with Crippen LogP contribution in [-0.2, 0) is 17.8 Å². The Morgan fingerprint density at radius 2 is 2.40 bits per heavy atom. The van der Waals surface area contributed by atoms with Gasteiger partial charge in [0.1, 0.15) is 0 Å². The molecule has 1 aromatic rings. The lowest BCUT2D eigenvalue weighted by atomic mass is 10.1. The molecule has 1 amide bonds. The Hall–Kier alpha value is -0.910. The largest absolute Gasteiger partial charge is 0.337 e. The van der Waals surface area contributed by atoms with E-state index in [1.165, 1.54) is 23.3 Å². The molecule has 0 saturated carbocycles. The summed E-state index contributed by atoms with van der Waals surface area (Å²) in [6.45, 7) is 4.34. The summed E-state index contributed by atoms with van der Waals surface area (Å²) < 4.78 is 0. The third-order valence-electron chi connectivity index (χ3n) is 4.44. The van der Waals surface area contributed by atoms with Gasteiger partial charge in [0.25, 0.3) is 0 Å². The van der Waals surface area contributed by atoms with Crippen LogP contribution < -0.4 is 5.32 Å². The highest BCUT2D eigenvalue weighted by Gasteiger charge is 2.28. The standard InChI is InChI=1S/C15H23N3OS/c1-16-9-13-3-2-6-17(13)11-15(19)18-7-4-14-12(10-18)5-8-20-14/h5,8,13,16H,2-4,6-7,9-11H2,1H3. The fourth-order valence-corrected chi connectivity index (χ4v) is 4.19. The first kappa shape index (κ1) is 14.0. The molecule has 5 heteroatoms. The van der Waals surface area contributed by atoms with Crippen molar-refractivity contribution in [2.75, 3.05) is 33.2 Å². The topological polar surface area (TPSA) is 35.6 Å². The zero-order valence-corrected chi connectivity index (χ0v) is 12.9. The van der Waals surface area contributed by atoms with Gasteiger partial charge in [0.15, 0.2) is 0 Å². The van der Waals surface area contributed by atoms with Gasteiger partial charge >= 0.3 is 0 Å². The highest BCUT2D eigenvalue weighted by atomic mass is 32.1. The second kappa shape index (κ2) is 6.24. The van der Waals surface area contributed by atoms with Gasteiger partial charge in [-0.15, -0.1) is 11.3 Å². The smallest absolute Gasteiger partial charge is 0.237 e. The molecule has 0 aliphatic carbocycles. The highest BCUT2D eigenvalue weighted by Crippen LogP contribution is 2.24. The van der Waals surface area contributed by atoms with Crippen LogP contribution in [-0.4, -0.2) is 55.0 Å². The summed E-state index contributed by atoms with van der Waals surface area (Å²) in [6, 6.07) is 2.70. The number of likely N-dealkylation sites (N-methyl/N-ethyl adjacent to an activating group) is 1. The number of carbonyl (C=O) groups is 1. The van der Waals surface area contributed by atoms with Crippen molar-refractivity contribution in [2.24, 2.45) is 0 Å². The number of rotatable bonds is 4. The first-order valence-corrected chi connectivity index (χ1v) is 8.37. The maximum atomic E-state index is 12.5. The summed E-state index contributed by atoms with van der Waals surface area (Å²) in [7, 11) is 1.99. The van der Waals surface area contributed by atoms with E-state index in [2.05, 4.69) is 21.7 Å². The lowest BCUT2D eigenvalue weighted by molar-refractivity contribution is -0.133. The van der Waals surface area contributed by atoms with Crippen LogP contribution in [0.15, 0.2) is 11.4 Å². The van der Waals surface area contributed by atoms with Crippen molar-refractivity contribution in [1.82, 2.24) is 15.1 Å². The van der Waals surface area contributed by atoms with Crippen LogP contribution in [0.25, 0.3) is 0 Å². The third-order valence-corrected chi connectivity index (χ3v) is 5.46. The second-order valence-corrected chi connectivity index (χ2v) is 6.76. The molecule has 0 bridgehead atoms. The molecule has 1 aromatic heterocycles. The molecule has 1 unspecified atom stereocenters. The predicted octanol–water partition coefficient (Wildman–Crippen LogP) is 1.32. The van der Waals surface area contributed by atoms with Crippen LogP contribution in [0, 0.1) is 0 Å². The molecule has 0 spiro atoms. The Bertz CT molecular complexity index is 473. The van der Waals surface area contributed by atoms with Crippen LogP contribution in [0.1, 0.15) is 23.3 Å². The first-order valence-electron chi connectivity index (χ1n) is 7.49. The van der Waals surface area contributed by atoms with Crippen LogP contribution >= 0.6 is 11.3 Å². The predicted molar refractivity (Wildman–Crippen MR) is 82.0 cm³/mol. The van der Waals surface area contributed by atoms with Crippen molar-refractivity contribution in [3.05, 3.63) is 21.9 Å². The molecule has 0 aromatic carbocycles. The van der Waals surface area contributed by atoms with Crippen LogP contribution in [0.4, 0.5) is 0 Å². The molecule has 20 heavy (non-hydrogen) atoms. The number of thiophene rings is 1. The quantitative estimate of drug-likeness (QED) is 0.909. The summed E-state index contributed by atoms with van der Waals surface area (Å²) in [6.07, 6.45) is 3.45. The van der Waals surface area contributed by atoms with Crippen molar-refractivity contribution in [3.63, 3.8) is 0 Å². The molecule has 2 aliphatic heterocycles. The number of carbonyl (C=O) groups excluding carboxylic acids is 1. The molecular weight excluding hydrogens is 270 g/mol. The SMILES string of the molecule is CNCC1CCCN1CC(=O)N1CCc2sccc2C1. The third kappa shape index (κ3) is 2.90. The number of amides is 1. The van der Waals surface area contributed by atoms with E-state index in [9.17, 15) is 4.79 Å². The second-order valence-electron chi connectivity index (χ2n) is 5.76. The van der Waals surface area contributed by atoms with Gasteiger partial charge in [0.2, 0.25) is 5.91 Å². The summed E-state index contributed by atoms with van der Waals surface area (Å²) in [5, 5.41) is 5.38. The monoisotopic (exact) mass is 293 g/mol. The number of nitrogens with zero attached hydrogens (tertiary/aromatic N) is 2. The highest BCUT2D eigenvalue weighted by molar-refractivity contribution is 7.10. The average Bonchev–Trinajstić information content (AvgIpc) is 3.07. The van der Waals surface area contributed by atoms with E-state index in [0.717, 1.165) is 32.6 Å². The fourth-order valence-electron chi connectivity index (χ4n) is 3.31. The van der Waals surface area contributed by atoms with Crippen molar-refractivity contribution >= 4 is 17.2 Å². The molecule has 2 aliphatic rings. The fraction of sp³-hybridized carbons (Fsp3) is 0.667. The van der Waals surface area contributed by atoms with Gasteiger partial charge in [-0.3, -0.25) is 9.69 Å². The van der Waals surface area contributed by atoms with Gasteiger partial charge in [0.05, 0.1) is 6.54 Å². The number of fused-ring (bicyclic) bond motifs is 1. The molecule has 110 valence electrons. The molecule has 1 fully saturated rings. The van der Waals surface area contributed by atoms with Crippen molar-refractivity contribution < 1.29 is 4.79 Å². The van der Waals surface area contributed by atoms with Gasteiger partial charge in [0, 0.05) is 30.6 Å². The van der Waals surface area contributed by atoms with Gasteiger partial charge in [-0.1, -0.05) is 0 Å². The Kier molecular flexibility index (Phi) is 4.38. The molecule has 4 nitrogen and oxygen atoms in total. The van der Waals surface area contributed by atoms with Crippen LogP contribution in [0.3, 0.4) is 0 Å². The van der Waals surface area contributed by atoms with Crippen molar-refractivity contribution in [2.45, 2.75) is 31.8 Å². The van der Waals surface area contributed by atoms with Crippen LogP contribution in [0.5, 0.6) is 0 Å². The molecule has 0 radical (unpaired) electrons. The summed E-state index contributed by atoms with van der Waals surface area (Å²) in [5.41, 5.74) is 1.35. The minimum atomic E-state index is 0.296. The average molecular weight is 293 g/mol. The van der Waals surface area contributed by atoms with E-state index < -0.39 is 0 Å². The number of hydrogen-bond acceptors (Lipinski definition) is 4. The van der Waals surface area contributed by atoms with E-state index in [-0.39, 0.29) is 0 Å². The van der Waals surface area contributed by atoms with E-state index in [0.29, 0.717) is 18.5 Å². The normalized spacial score (nSPS) is 23.1. The van der Waals surface area contributed by atoms with Crippen LogP contribution in [0.2, 0.25) is 0 Å². The Labute approximate surface area is 124 Å². The van der Waals surface area contributed by atoms with Gasteiger partial charge < -0.3 is 10.2 Å². The number of nitrogens with one attached hydrogen (secondary N) is 1. The minimum Gasteiger partial charge on any atom is -0.337 e. The van der Waals surface area contributed by atoms with Crippen molar-refractivity contribution in [1.29, 1.82) is 0 Å². The minimum absolute atomic E-state index is 0.296. The molecular formula is C15H23N3OS. The Morgan fingerprint density at radius 3 is 3.25 bits per heavy atom. The van der Waals surface area contributed by atoms with E-state index in [1.807, 2.05) is 23.3 Å². The molecule has 1 N–H and O–H groups in total.